The summed E-state index contributed by atoms with van der Waals surface area (Å²) in [7, 11) is 0. The highest BCUT2D eigenvalue weighted by Crippen LogP contribution is 2.62. The van der Waals surface area contributed by atoms with Gasteiger partial charge in [-0.2, -0.15) is 0 Å². The minimum absolute atomic E-state index is 0.00993. The summed E-state index contributed by atoms with van der Waals surface area (Å²) in [6.45, 7) is 12.7. The summed E-state index contributed by atoms with van der Waals surface area (Å²) in [5.41, 5.74) is 1.07. The van der Waals surface area contributed by atoms with Crippen molar-refractivity contribution in [2.45, 2.75) is 65.9 Å². The minimum atomic E-state index is -0.396. The fourth-order valence-corrected chi connectivity index (χ4v) is 5.61. The third kappa shape index (κ3) is 2.06. The predicted molar refractivity (Wildman–Crippen MR) is 89.4 cm³/mol. The van der Waals surface area contributed by atoms with Gasteiger partial charge in [-0.15, -0.1) is 6.58 Å². The van der Waals surface area contributed by atoms with Crippen molar-refractivity contribution in [3.8, 4) is 0 Å². The third-order valence-electron chi connectivity index (χ3n) is 7.25. The Hall–Kier alpha value is -0.890. The molecule has 0 aromatic rings. The zero-order chi connectivity index (χ0) is 16.3. The van der Waals surface area contributed by atoms with Crippen molar-refractivity contribution in [3.63, 3.8) is 0 Å². The van der Waals surface area contributed by atoms with E-state index in [0.29, 0.717) is 18.1 Å². The van der Waals surface area contributed by atoms with Gasteiger partial charge in [0.1, 0.15) is 5.78 Å². The average Bonchev–Trinajstić information content (AvgIpc) is 2.47. The van der Waals surface area contributed by atoms with Gasteiger partial charge in [-0.3, -0.25) is 4.79 Å². The molecule has 0 radical (unpaired) electrons. The standard InChI is InChI=1S/C20H30O2/c1-6-19(4)9-7-14-13(12-19)15(21)11-16-18(2,3)17(22)8-10-20(14,16)5/h6,12,14-16,21H,1,7-11H2,2-5H3/t14-,15+,16-,19-,20+/m1/s1. The van der Waals surface area contributed by atoms with Crippen molar-refractivity contribution in [1.29, 1.82) is 0 Å². The number of allylic oxidation sites excluding steroid dienone is 2. The number of carbonyl (C=O) groups excluding carboxylic acids is 1. The second-order valence-corrected chi connectivity index (χ2v) is 8.90. The molecule has 0 bridgehead atoms. The summed E-state index contributed by atoms with van der Waals surface area (Å²) < 4.78 is 0. The van der Waals surface area contributed by atoms with Gasteiger partial charge in [0.25, 0.3) is 0 Å². The van der Waals surface area contributed by atoms with Crippen molar-refractivity contribution in [3.05, 3.63) is 24.3 Å². The molecule has 5 atom stereocenters. The molecule has 122 valence electrons. The Morgan fingerprint density at radius 2 is 1.95 bits per heavy atom. The summed E-state index contributed by atoms with van der Waals surface area (Å²) in [5, 5.41) is 10.8. The van der Waals surface area contributed by atoms with E-state index in [0.717, 1.165) is 25.7 Å². The van der Waals surface area contributed by atoms with Gasteiger partial charge in [0.2, 0.25) is 0 Å². The molecule has 3 aliphatic rings. The molecule has 3 aliphatic carbocycles. The SMILES string of the molecule is C=C[C@@]1(C)C=C2[C@@H](CC1)[C@]1(C)CCC(=O)C(C)(C)[C@H]1C[C@@H]2O. The third-order valence-corrected chi connectivity index (χ3v) is 7.25. The molecule has 0 aliphatic heterocycles. The van der Waals surface area contributed by atoms with E-state index >= 15 is 0 Å². The first-order valence-corrected chi connectivity index (χ1v) is 8.72. The van der Waals surface area contributed by atoms with Crippen LogP contribution >= 0.6 is 0 Å². The molecule has 0 unspecified atom stereocenters. The van der Waals surface area contributed by atoms with Crippen LogP contribution < -0.4 is 0 Å². The van der Waals surface area contributed by atoms with Gasteiger partial charge in [-0.05, 0) is 48.5 Å². The normalized spacial score (nSPS) is 47.2. The molecule has 0 aromatic carbocycles. The van der Waals surface area contributed by atoms with Crippen LogP contribution in [0.15, 0.2) is 24.3 Å². The number of rotatable bonds is 1. The molecule has 2 nitrogen and oxygen atoms in total. The lowest BCUT2D eigenvalue weighted by Gasteiger charge is -2.59. The lowest BCUT2D eigenvalue weighted by molar-refractivity contribution is -0.149. The Morgan fingerprint density at radius 3 is 2.59 bits per heavy atom. The summed E-state index contributed by atoms with van der Waals surface area (Å²) in [5.74, 6) is 1.08. The van der Waals surface area contributed by atoms with Crippen LogP contribution in [-0.2, 0) is 4.79 Å². The highest BCUT2D eigenvalue weighted by atomic mass is 16.3. The molecule has 0 amide bonds. The number of hydrogen-bond donors (Lipinski definition) is 1. The number of Topliss-reactive ketones (excluding diaryl/α,β-unsaturated/α-hetero) is 1. The molecule has 22 heavy (non-hydrogen) atoms. The maximum Gasteiger partial charge on any atom is 0.138 e. The van der Waals surface area contributed by atoms with E-state index in [2.05, 4.69) is 40.3 Å². The van der Waals surface area contributed by atoms with Crippen molar-refractivity contribution < 1.29 is 9.90 Å². The van der Waals surface area contributed by atoms with Gasteiger partial charge in [0.15, 0.2) is 0 Å². The first-order chi connectivity index (χ1) is 10.1. The number of aliphatic hydroxyl groups excluding tert-OH is 1. The summed E-state index contributed by atoms with van der Waals surface area (Å²) in [4.78, 5) is 12.4. The van der Waals surface area contributed by atoms with Gasteiger partial charge >= 0.3 is 0 Å². The highest BCUT2D eigenvalue weighted by Gasteiger charge is 2.58. The van der Waals surface area contributed by atoms with Gasteiger partial charge in [-0.25, -0.2) is 0 Å². The summed E-state index contributed by atoms with van der Waals surface area (Å²) >= 11 is 0. The average molecular weight is 302 g/mol. The van der Waals surface area contributed by atoms with Crippen LogP contribution in [-0.4, -0.2) is 17.0 Å². The molecule has 2 fully saturated rings. The fourth-order valence-electron chi connectivity index (χ4n) is 5.61. The molecule has 0 spiro atoms. The van der Waals surface area contributed by atoms with Crippen molar-refractivity contribution >= 4 is 5.78 Å². The van der Waals surface area contributed by atoms with Crippen molar-refractivity contribution in [1.82, 2.24) is 0 Å². The number of aliphatic hydroxyl groups is 1. The Labute approximate surface area is 134 Å². The molecular weight excluding hydrogens is 272 g/mol. The Bertz CT molecular complexity index is 544. The van der Waals surface area contributed by atoms with Crippen molar-refractivity contribution in [2.75, 3.05) is 0 Å². The van der Waals surface area contributed by atoms with Gasteiger partial charge < -0.3 is 5.11 Å². The van der Waals surface area contributed by atoms with Crippen molar-refractivity contribution in [2.24, 2.45) is 28.1 Å². The molecule has 0 heterocycles. The van der Waals surface area contributed by atoms with Crippen LogP contribution in [0.1, 0.15) is 59.8 Å². The lowest BCUT2D eigenvalue weighted by Crippen LogP contribution is -2.56. The fraction of sp³-hybridized carbons (Fsp3) is 0.750. The van der Waals surface area contributed by atoms with E-state index in [1.54, 1.807) is 0 Å². The molecule has 2 saturated carbocycles. The molecule has 0 saturated heterocycles. The van der Waals surface area contributed by atoms with E-state index in [1.807, 2.05) is 6.08 Å². The summed E-state index contributed by atoms with van der Waals surface area (Å²) in [6.07, 6.45) is 8.49. The van der Waals surface area contributed by atoms with E-state index < -0.39 is 6.10 Å². The maximum absolute atomic E-state index is 12.4. The predicted octanol–water partition coefficient (Wildman–Crippen LogP) is 4.29. The van der Waals surface area contributed by atoms with E-state index in [4.69, 9.17) is 0 Å². The summed E-state index contributed by atoms with van der Waals surface area (Å²) in [6, 6.07) is 0. The Kier molecular flexibility index (Phi) is 3.49. The Morgan fingerprint density at radius 1 is 1.27 bits per heavy atom. The van der Waals surface area contributed by atoms with E-state index in [-0.39, 0.29) is 22.2 Å². The highest BCUT2D eigenvalue weighted by molar-refractivity contribution is 5.85. The second-order valence-electron chi connectivity index (χ2n) is 8.90. The zero-order valence-corrected chi connectivity index (χ0v) is 14.5. The lowest BCUT2D eigenvalue weighted by atomic mass is 9.45. The van der Waals surface area contributed by atoms with Crippen LogP contribution in [0.5, 0.6) is 0 Å². The van der Waals surface area contributed by atoms with Crippen LogP contribution in [0.2, 0.25) is 0 Å². The van der Waals surface area contributed by atoms with E-state index in [1.165, 1.54) is 5.57 Å². The molecule has 1 N–H and O–H groups in total. The van der Waals surface area contributed by atoms with Crippen LogP contribution in [0.25, 0.3) is 0 Å². The van der Waals surface area contributed by atoms with Gasteiger partial charge in [0.05, 0.1) is 6.10 Å². The second kappa shape index (κ2) is 4.80. The topological polar surface area (TPSA) is 37.3 Å². The minimum Gasteiger partial charge on any atom is -0.389 e. The van der Waals surface area contributed by atoms with Crippen LogP contribution in [0.4, 0.5) is 0 Å². The maximum atomic E-state index is 12.4. The van der Waals surface area contributed by atoms with E-state index in [9.17, 15) is 9.90 Å². The Balaban J connectivity index is 2.05. The number of fused-ring (bicyclic) bond motifs is 3. The number of carbonyl (C=O) groups is 1. The monoisotopic (exact) mass is 302 g/mol. The number of hydrogen-bond acceptors (Lipinski definition) is 2. The first-order valence-electron chi connectivity index (χ1n) is 8.72. The molecule has 3 rings (SSSR count). The molecule has 2 heteroatoms. The quantitative estimate of drug-likeness (QED) is 0.734. The number of ketones is 1. The zero-order valence-electron chi connectivity index (χ0n) is 14.5. The molecular formula is C20H30O2. The largest absolute Gasteiger partial charge is 0.389 e. The molecule has 0 aromatic heterocycles. The van der Waals surface area contributed by atoms with Crippen LogP contribution in [0, 0.1) is 28.1 Å². The first kappa shape index (κ1) is 16.0. The van der Waals surface area contributed by atoms with Gasteiger partial charge in [0, 0.05) is 17.3 Å². The van der Waals surface area contributed by atoms with Gasteiger partial charge in [-0.1, -0.05) is 39.8 Å². The smallest absolute Gasteiger partial charge is 0.138 e. The van der Waals surface area contributed by atoms with Crippen LogP contribution in [0.3, 0.4) is 0 Å².